The summed E-state index contributed by atoms with van der Waals surface area (Å²) < 4.78 is 0. The third-order valence-corrected chi connectivity index (χ3v) is 2.07. The molecule has 0 aromatic heterocycles. The van der Waals surface area contributed by atoms with Crippen LogP contribution in [0.4, 0.5) is 0 Å². The molecule has 2 nitrogen and oxygen atoms in total. The van der Waals surface area contributed by atoms with Crippen LogP contribution >= 0.6 is 0 Å². The van der Waals surface area contributed by atoms with E-state index in [0.717, 1.165) is 19.0 Å². The molecule has 1 saturated carbocycles. The van der Waals surface area contributed by atoms with Gasteiger partial charge in [-0.3, -0.25) is 0 Å². The van der Waals surface area contributed by atoms with E-state index in [4.69, 9.17) is 5.11 Å². The van der Waals surface area contributed by atoms with Crippen molar-refractivity contribution in [3.05, 3.63) is 0 Å². The number of rotatable bonds is 4. The first-order chi connectivity index (χ1) is 4.70. The number of nitrogens with zero attached hydrogens (tertiary/aromatic N) is 1. The molecule has 2 heteroatoms. The van der Waals surface area contributed by atoms with Crippen molar-refractivity contribution in [2.75, 3.05) is 13.6 Å². The molecule has 0 radical (unpaired) electrons. The predicted molar refractivity (Wildman–Crippen MR) is 41.9 cm³/mol. The fourth-order valence-electron chi connectivity index (χ4n) is 1.09. The molecule has 1 rings (SSSR count). The summed E-state index contributed by atoms with van der Waals surface area (Å²) in [5, 5.41) is 8.98. The molecule has 10 heavy (non-hydrogen) atoms. The van der Waals surface area contributed by atoms with Crippen LogP contribution in [0.1, 0.15) is 26.2 Å². The van der Waals surface area contributed by atoms with Crippen LogP contribution in [0.3, 0.4) is 0 Å². The fourth-order valence-corrected chi connectivity index (χ4v) is 1.09. The Kier molecular flexibility index (Phi) is 2.69. The van der Waals surface area contributed by atoms with Gasteiger partial charge in [-0.15, -0.1) is 0 Å². The van der Waals surface area contributed by atoms with E-state index in [9.17, 15) is 0 Å². The molecule has 0 spiro atoms. The smallest absolute Gasteiger partial charge is 0.0524 e. The summed E-state index contributed by atoms with van der Waals surface area (Å²) in [6.07, 6.45) is 3.49. The Morgan fingerprint density at radius 2 is 2.20 bits per heavy atom. The third-order valence-electron chi connectivity index (χ3n) is 2.07. The van der Waals surface area contributed by atoms with Crippen LogP contribution in [-0.4, -0.2) is 35.7 Å². The van der Waals surface area contributed by atoms with Crippen molar-refractivity contribution in [2.45, 2.75) is 38.3 Å². The van der Waals surface area contributed by atoms with Gasteiger partial charge < -0.3 is 10.0 Å². The van der Waals surface area contributed by atoms with E-state index < -0.39 is 0 Å². The summed E-state index contributed by atoms with van der Waals surface area (Å²) in [5.41, 5.74) is 0. The highest BCUT2D eigenvalue weighted by Crippen LogP contribution is 2.25. The molecular formula is C8H17NO. The average molecular weight is 143 g/mol. The molecule has 0 amide bonds. The van der Waals surface area contributed by atoms with Crippen molar-refractivity contribution in [3.8, 4) is 0 Å². The Morgan fingerprint density at radius 1 is 1.60 bits per heavy atom. The van der Waals surface area contributed by atoms with Crippen LogP contribution < -0.4 is 0 Å². The van der Waals surface area contributed by atoms with Crippen molar-refractivity contribution in [1.29, 1.82) is 0 Å². The zero-order valence-electron chi connectivity index (χ0n) is 6.88. The van der Waals surface area contributed by atoms with Gasteiger partial charge in [-0.05, 0) is 33.2 Å². The topological polar surface area (TPSA) is 23.5 Å². The molecule has 0 aliphatic heterocycles. The minimum Gasteiger partial charge on any atom is -0.393 e. The second kappa shape index (κ2) is 3.35. The maximum absolute atomic E-state index is 8.98. The Morgan fingerprint density at radius 3 is 2.60 bits per heavy atom. The molecule has 1 aliphatic rings. The first kappa shape index (κ1) is 8.02. The Labute approximate surface area is 62.8 Å². The van der Waals surface area contributed by atoms with Crippen molar-refractivity contribution in [3.63, 3.8) is 0 Å². The van der Waals surface area contributed by atoms with E-state index in [2.05, 4.69) is 11.9 Å². The van der Waals surface area contributed by atoms with Crippen molar-refractivity contribution in [1.82, 2.24) is 4.90 Å². The van der Waals surface area contributed by atoms with Gasteiger partial charge in [0.15, 0.2) is 0 Å². The molecule has 1 atom stereocenters. The van der Waals surface area contributed by atoms with Gasteiger partial charge in [0, 0.05) is 12.6 Å². The third kappa shape index (κ3) is 2.67. The SMILES string of the molecule is CC(O)CCN(C)C1CC1. The summed E-state index contributed by atoms with van der Waals surface area (Å²) >= 11 is 0. The highest BCUT2D eigenvalue weighted by atomic mass is 16.3. The van der Waals surface area contributed by atoms with Gasteiger partial charge in [-0.2, -0.15) is 0 Å². The quantitative estimate of drug-likeness (QED) is 0.630. The summed E-state index contributed by atoms with van der Waals surface area (Å²) in [7, 11) is 2.14. The van der Waals surface area contributed by atoms with E-state index in [1.807, 2.05) is 6.92 Å². The molecule has 0 aromatic carbocycles. The lowest BCUT2D eigenvalue weighted by atomic mass is 10.3. The second-order valence-electron chi connectivity index (χ2n) is 3.35. The first-order valence-corrected chi connectivity index (χ1v) is 4.08. The van der Waals surface area contributed by atoms with Crippen LogP contribution in [0.2, 0.25) is 0 Å². The minimum absolute atomic E-state index is 0.138. The summed E-state index contributed by atoms with van der Waals surface area (Å²) in [4.78, 5) is 2.34. The lowest BCUT2D eigenvalue weighted by molar-refractivity contribution is 0.162. The number of aliphatic hydroxyl groups is 1. The van der Waals surface area contributed by atoms with Crippen LogP contribution in [0, 0.1) is 0 Å². The minimum atomic E-state index is -0.138. The zero-order chi connectivity index (χ0) is 7.56. The number of aliphatic hydroxyl groups excluding tert-OH is 1. The zero-order valence-corrected chi connectivity index (χ0v) is 6.88. The highest BCUT2D eigenvalue weighted by molar-refractivity contribution is 4.82. The van der Waals surface area contributed by atoms with Gasteiger partial charge in [0.1, 0.15) is 0 Å². The van der Waals surface area contributed by atoms with Crippen LogP contribution in [0.15, 0.2) is 0 Å². The summed E-state index contributed by atoms with van der Waals surface area (Å²) in [6.45, 7) is 2.89. The van der Waals surface area contributed by atoms with E-state index in [0.29, 0.717) is 0 Å². The Bertz CT molecular complexity index is 99.4. The van der Waals surface area contributed by atoms with Crippen LogP contribution in [0.25, 0.3) is 0 Å². The predicted octanol–water partition coefficient (Wildman–Crippen LogP) is 0.851. The molecular weight excluding hydrogens is 126 g/mol. The molecule has 0 saturated heterocycles. The highest BCUT2D eigenvalue weighted by Gasteiger charge is 2.25. The number of hydrogen-bond acceptors (Lipinski definition) is 2. The van der Waals surface area contributed by atoms with Crippen molar-refractivity contribution in [2.24, 2.45) is 0 Å². The molecule has 60 valence electrons. The standard InChI is InChI=1S/C8H17NO/c1-7(10)5-6-9(2)8-3-4-8/h7-8,10H,3-6H2,1-2H3. The van der Waals surface area contributed by atoms with Crippen LogP contribution in [-0.2, 0) is 0 Å². The van der Waals surface area contributed by atoms with E-state index in [1.165, 1.54) is 12.8 Å². The van der Waals surface area contributed by atoms with E-state index in [-0.39, 0.29) is 6.10 Å². The first-order valence-electron chi connectivity index (χ1n) is 4.08. The van der Waals surface area contributed by atoms with Gasteiger partial charge in [-0.25, -0.2) is 0 Å². The monoisotopic (exact) mass is 143 g/mol. The van der Waals surface area contributed by atoms with Crippen LogP contribution in [0.5, 0.6) is 0 Å². The largest absolute Gasteiger partial charge is 0.393 e. The van der Waals surface area contributed by atoms with Gasteiger partial charge in [0.25, 0.3) is 0 Å². The molecule has 0 aromatic rings. The Balaban J connectivity index is 2.00. The lowest BCUT2D eigenvalue weighted by Gasteiger charge is -2.15. The molecule has 1 unspecified atom stereocenters. The van der Waals surface area contributed by atoms with Gasteiger partial charge in [0.2, 0.25) is 0 Å². The summed E-state index contributed by atoms with van der Waals surface area (Å²) in [5.74, 6) is 0. The average Bonchev–Trinajstić information content (AvgIpc) is 2.63. The van der Waals surface area contributed by atoms with Gasteiger partial charge in [0.05, 0.1) is 6.10 Å². The maximum Gasteiger partial charge on any atom is 0.0524 e. The molecule has 0 heterocycles. The molecule has 1 N–H and O–H groups in total. The fraction of sp³-hybridized carbons (Fsp3) is 1.00. The normalized spacial score (nSPS) is 21.6. The summed E-state index contributed by atoms with van der Waals surface area (Å²) in [6, 6.07) is 0.832. The Hall–Kier alpha value is -0.0800. The lowest BCUT2D eigenvalue weighted by Crippen LogP contribution is -2.24. The van der Waals surface area contributed by atoms with Crippen molar-refractivity contribution >= 4 is 0 Å². The maximum atomic E-state index is 8.98. The molecule has 1 aliphatic carbocycles. The van der Waals surface area contributed by atoms with E-state index in [1.54, 1.807) is 0 Å². The van der Waals surface area contributed by atoms with Gasteiger partial charge in [-0.1, -0.05) is 0 Å². The number of hydrogen-bond donors (Lipinski definition) is 1. The second-order valence-corrected chi connectivity index (χ2v) is 3.35. The van der Waals surface area contributed by atoms with E-state index >= 15 is 0 Å². The molecule has 1 fully saturated rings. The van der Waals surface area contributed by atoms with Gasteiger partial charge >= 0.3 is 0 Å². The molecule has 0 bridgehead atoms. The van der Waals surface area contributed by atoms with Crippen molar-refractivity contribution < 1.29 is 5.11 Å².